The maximum Gasteiger partial charge on any atom is 0.0917 e. The highest BCUT2D eigenvalue weighted by atomic mass is 16.3. The summed E-state index contributed by atoms with van der Waals surface area (Å²) in [5, 5.41) is 10.6. The van der Waals surface area contributed by atoms with E-state index in [-0.39, 0.29) is 6.10 Å². The van der Waals surface area contributed by atoms with Gasteiger partial charge in [-0.25, -0.2) is 0 Å². The number of piperidine rings is 1. The molecule has 1 aromatic rings. The Hall–Kier alpha value is -0.860. The van der Waals surface area contributed by atoms with Gasteiger partial charge >= 0.3 is 0 Å². The van der Waals surface area contributed by atoms with Gasteiger partial charge in [0.1, 0.15) is 0 Å². The quantitative estimate of drug-likeness (QED) is 0.908. The van der Waals surface area contributed by atoms with E-state index in [1.807, 2.05) is 0 Å². The molecule has 1 saturated heterocycles. The van der Waals surface area contributed by atoms with Crippen molar-refractivity contribution >= 4 is 0 Å². The monoisotopic (exact) mass is 273 g/mol. The van der Waals surface area contributed by atoms with Crippen molar-refractivity contribution in [2.75, 3.05) is 13.1 Å². The second-order valence-electron chi connectivity index (χ2n) is 6.45. The number of aryl methyl sites for hydroxylation is 2. The Kier molecular flexibility index (Phi) is 4.42. The van der Waals surface area contributed by atoms with E-state index in [0.717, 1.165) is 18.7 Å². The number of rotatable bonds is 4. The third-order valence-electron chi connectivity index (χ3n) is 5.14. The molecule has 20 heavy (non-hydrogen) atoms. The largest absolute Gasteiger partial charge is 0.387 e. The molecule has 1 N–H and O–H groups in total. The lowest BCUT2D eigenvalue weighted by Crippen LogP contribution is -2.41. The number of aliphatic hydroxyl groups is 1. The summed E-state index contributed by atoms with van der Waals surface area (Å²) in [6.45, 7) is 4.22. The Labute approximate surface area is 122 Å². The number of β-amino-alcohol motifs (C(OH)–C–C–N with tert-alkyl or cyclic N) is 1. The predicted octanol–water partition coefficient (Wildman–Crippen LogP) is 3.47. The zero-order valence-electron chi connectivity index (χ0n) is 12.6. The van der Waals surface area contributed by atoms with Gasteiger partial charge in [0.2, 0.25) is 0 Å². The lowest BCUT2D eigenvalue weighted by molar-refractivity contribution is 0.0656. The number of benzene rings is 1. The van der Waals surface area contributed by atoms with Crippen LogP contribution in [-0.4, -0.2) is 29.1 Å². The Morgan fingerprint density at radius 3 is 2.90 bits per heavy atom. The van der Waals surface area contributed by atoms with Crippen LogP contribution in [-0.2, 0) is 12.8 Å². The second kappa shape index (κ2) is 6.28. The maximum atomic E-state index is 10.6. The lowest BCUT2D eigenvalue weighted by atomic mass is 9.97. The average Bonchev–Trinajstić information content (AvgIpc) is 2.95. The van der Waals surface area contributed by atoms with Gasteiger partial charge in [0.15, 0.2) is 0 Å². The van der Waals surface area contributed by atoms with Crippen LogP contribution >= 0.6 is 0 Å². The molecule has 2 aliphatic rings. The first-order valence-electron chi connectivity index (χ1n) is 8.31. The standard InChI is InChI=1S/C18H27NO/c1-2-17-8-3-4-11-19(17)13-18(20)16-10-9-14-6-5-7-15(14)12-16/h9-10,12,17-18,20H,2-8,11,13H2,1H3. The van der Waals surface area contributed by atoms with Crippen molar-refractivity contribution < 1.29 is 5.11 Å². The summed E-state index contributed by atoms with van der Waals surface area (Å²) >= 11 is 0. The third-order valence-corrected chi connectivity index (χ3v) is 5.14. The molecule has 0 amide bonds. The van der Waals surface area contributed by atoms with E-state index in [2.05, 4.69) is 30.0 Å². The van der Waals surface area contributed by atoms with Gasteiger partial charge in [-0.1, -0.05) is 31.5 Å². The van der Waals surface area contributed by atoms with Crippen LogP contribution in [0.15, 0.2) is 18.2 Å². The minimum absolute atomic E-state index is 0.326. The van der Waals surface area contributed by atoms with Gasteiger partial charge in [0.05, 0.1) is 6.10 Å². The molecule has 1 aromatic carbocycles. The molecule has 3 rings (SSSR count). The van der Waals surface area contributed by atoms with Gasteiger partial charge in [-0.05, 0) is 61.8 Å². The van der Waals surface area contributed by atoms with Gasteiger partial charge in [0.25, 0.3) is 0 Å². The highest BCUT2D eigenvalue weighted by Gasteiger charge is 2.24. The topological polar surface area (TPSA) is 23.5 Å². The zero-order chi connectivity index (χ0) is 13.9. The molecule has 0 radical (unpaired) electrons. The Balaban J connectivity index is 1.67. The highest BCUT2D eigenvalue weighted by Crippen LogP contribution is 2.27. The Bertz CT molecular complexity index is 457. The fraction of sp³-hybridized carbons (Fsp3) is 0.667. The Morgan fingerprint density at radius 1 is 1.20 bits per heavy atom. The van der Waals surface area contributed by atoms with E-state index in [1.54, 1.807) is 0 Å². The molecule has 1 aliphatic carbocycles. The summed E-state index contributed by atoms with van der Waals surface area (Å²) in [5.41, 5.74) is 4.07. The molecule has 0 saturated carbocycles. The van der Waals surface area contributed by atoms with Crippen LogP contribution in [0.2, 0.25) is 0 Å². The molecule has 0 aromatic heterocycles. The minimum atomic E-state index is -0.326. The van der Waals surface area contributed by atoms with Crippen LogP contribution in [0.1, 0.15) is 61.8 Å². The first-order chi connectivity index (χ1) is 9.78. The molecule has 2 unspecified atom stereocenters. The van der Waals surface area contributed by atoms with Crippen molar-refractivity contribution in [2.45, 2.75) is 64.0 Å². The minimum Gasteiger partial charge on any atom is -0.387 e. The van der Waals surface area contributed by atoms with Gasteiger partial charge in [0, 0.05) is 12.6 Å². The fourth-order valence-corrected chi connectivity index (χ4v) is 3.89. The summed E-state index contributed by atoms with van der Waals surface area (Å²) in [4.78, 5) is 2.50. The van der Waals surface area contributed by atoms with Crippen LogP contribution in [0.4, 0.5) is 0 Å². The number of aliphatic hydroxyl groups excluding tert-OH is 1. The Morgan fingerprint density at radius 2 is 2.05 bits per heavy atom. The molecule has 1 aliphatic heterocycles. The van der Waals surface area contributed by atoms with E-state index in [9.17, 15) is 5.11 Å². The molecule has 110 valence electrons. The van der Waals surface area contributed by atoms with Crippen LogP contribution in [0, 0.1) is 0 Å². The molecular formula is C18H27NO. The first-order valence-corrected chi connectivity index (χ1v) is 8.31. The second-order valence-corrected chi connectivity index (χ2v) is 6.45. The molecule has 0 spiro atoms. The van der Waals surface area contributed by atoms with E-state index < -0.39 is 0 Å². The highest BCUT2D eigenvalue weighted by molar-refractivity contribution is 5.36. The van der Waals surface area contributed by atoms with E-state index in [0.29, 0.717) is 6.04 Å². The normalized spacial score (nSPS) is 24.6. The lowest BCUT2D eigenvalue weighted by Gasteiger charge is -2.36. The van der Waals surface area contributed by atoms with Crippen LogP contribution in [0.3, 0.4) is 0 Å². The van der Waals surface area contributed by atoms with Gasteiger partial charge in [-0.3, -0.25) is 4.90 Å². The van der Waals surface area contributed by atoms with Crippen molar-refractivity contribution in [1.82, 2.24) is 4.90 Å². The SMILES string of the molecule is CCC1CCCCN1CC(O)c1ccc2c(c1)CCC2. The van der Waals surface area contributed by atoms with E-state index in [1.165, 1.54) is 56.1 Å². The summed E-state index contributed by atoms with van der Waals surface area (Å²) in [5.74, 6) is 0. The van der Waals surface area contributed by atoms with Crippen molar-refractivity contribution in [3.8, 4) is 0 Å². The van der Waals surface area contributed by atoms with Crippen LogP contribution in [0.25, 0.3) is 0 Å². The van der Waals surface area contributed by atoms with Crippen molar-refractivity contribution in [3.05, 3.63) is 34.9 Å². The first kappa shape index (κ1) is 14.1. The third kappa shape index (κ3) is 2.91. The maximum absolute atomic E-state index is 10.6. The molecule has 1 heterocycles. The molecule has 2 heteroatoms. The summed E-state index contributed by atoms with van der Waals surface area (Å²) in [6.07, 6.45) is 8.50. The van der Waals surface area contributed by atoms with Gasteiger partial charge in [-0.2, -0.15) is 0 Å². The summed E-state index contributed by atoms with van der Waals surface area (Å²) < 4.78 is 0. The molecule has 2 atom stereocenters. The van der Waals surface area contributed by atoms with Gasteiger partial charge < -0.3 is 5.11 Å². The van der Waals surface area contributed by atoms with Crippen LogP contribution < -0.4 is 0 Å². The van der Waals surface area contributed by atoms with E-state index in [4.69, 9.17) is 0 Å². The number of fused-ring (bicyclic) bond motifs is 1. The average molecular weight is 273 g/mol. The number of nitrogens with zero attached hydrogens (tertiary/aromatic N) is 1. The number of hydrogen-bond donors (Lipinski definition) is 1. The van der Waals surface area contributed by atoms with Gasteiger partial charge in [-0.15, -0.1) is 0 Å². The number of hydrogen-bond acceptors (Lipinski definition) is 2. The van der Waals surface area contributed by atoms with Crippen molar-refractivity contribution in [1.29, 1.82) is 0 Å². The van der Waals surface area contributed by atoms with E-state index >= 15 is 0 Å². The van der Waals surface area contributed by atoms with Crippen molar-refractivity contribution in [2.24, 2.45) is 0 Å². The van der Waals surface area contributed by atoms with Crippen LogP contribution in [0.5, 0.6) is 0 Å². The fourth-order valence-electron chi connectivity index (χ4n) is 3.89. The smallest absolute Gasteiger partial charge is 0.0917 e. The van der Waals surface area contributed by atoms with Crippen molar-refractivity contribution in [3.63, 3.8) is 0 Å². The predicted molar refractivity (Wildman–Crippen MR) is 82.9 cm³/mol. The summed E-state index contributed by atoms with van der Waals surface area (Å²) in [6, 6.07) is 7.29. The molecule has 1 fully saturated rings. The number of likely N-dealkylation sites (tertiary alicyclic amines) is 1. The molecule has 2 nitrogen and oxygen atoms in total. The molecule has 0 bridgehead atoms. The summed E-state index contributed by atoms with van der Waals surface area (Å²) in [7, 11) is 0. The zero-order valence-corrected chi connectivity index (χ0v) is 12.6. The molecular weight excluding hydrogens is 246 g/mol.